The van der Waals surface area contributed by atoms with E-state index < -0.39 is 0 Å². The fourth-order valence-corrected chi connectivity index (χ4v) is 2.12. The Labute approximate surface area is 106 Å². The molecule has 0 aliphatic rings. The van der Waals surface area contributed by atoms with E-state index in [2.05, 4.69) is 34.6 Å². The van der Waals surface area contributed by atoms with Crippen molar-refractivity contribution in [1.82, 2.24) is 0 Å². The summed E-state index contributed by atoms with van der Waals surface area (Å²) in [5.74, 6) is 0.695. The number of hydrogen-bond acceptors (Lipinski definition) is 0. The molecular formula is C16H27F. The summed E-state index contributed by atoms with van der Waals surface area (Å²) < 4.78 is 13.5. The van der Waals surface area contributed by atoms with Gasteiger partial charge in [0.25, 0.3) is 0 Å². The molecule has 1 heteroatoms. The van der Waals surface area contributed by atoms with Gasteiger partial charge in [-0.2, -0.15) is 0 Å². The Hall–Kier alpha value is -0.850. The fourth-order valence-electron chi connectivity index (χ4n) is 2.12. The second-order valence-electron chi connectivity index (χ2n) is 4.73. The molecule has 0 amide bonds. The van der Waals surface area contributed by atoms with Crippen molar-refractivity contribution in [2.75, 3.05) is 0 Å². The van der Waals surface area contributed by atoms with E-state index in [0.29, 0.717) is 11.8 Å². The van der Waals surface area contributed by atoms with Crippen LogP contribution < -0.4 is 0 Å². The van der Waals surface area contributed by atoms with Gasteiger partial charge < -0.3 is 0 Å². The molecule has 0 aliphatic heterocycles. The lowest BCUT2D eigenvalue weighted by atomic mass is 9.87. The van der Waals surface area contributed by atoms with Crippen LogP contribution in [0.25, 0.3) is 0 Å². The van der Waals surface area contributed by atoms with E-state index in [1.54, 1.807) is 12.1 Å². The van der Waals surface area contributed by atoms with Crippen LogP contribution in [0.4, 0.5) is 4.39 Å². The first-order chi connectivity index (χ1) is 7.97. The van der Waals surface area contributed by atoms with Crippen molar-refractivity contribution >= 4 is 0 Å². The smallest absolute Gasteiger partial charge is 0.123 e. The molecule has 0 unspecified atom stereocenters. The van der Waals surface area contributed by atoms with Crippen LogP contribution in [0.5, 0.6) is 0 Å². The number of rotatable bonds is 3. The molecule has 0 atom stereocenters. The number of hydrogen-bond donors (Lipinski definition) is 0. The molecule has 0 radical (unpaired) electrons. The molecule has 17 heavy (non-hydrogen) atoms. The minimum atomic E-state index is -0.0976. The highest BCUT2D eigenvalue weighted by molar-refractivity contribution is 5.39. The Kier molecular flexibility index (Phi) is 7.10. The molecule has 0 saturated carbocycles. The largest absolute Gasteiger partial charge is 0.207 e. The van der Waals surface area contributed by atoms with Crippen molar-refractivity contribution < 1.29 is 4.39 Å². The summed E-state index contributed by atoms with van der Waals surface area (Å²) in [5.41, 5.74) is 3.67. The lowest BCUT2D eigenvalue weighted by molar-refractivity contribution is 0.615. The van der Waals surface area contributed by atoms with Crippen LogP contribution in [0.3, 0.4) is 0 Å². The van der Waals surface area contributed by atoms with Crippen LogP contribution in [-0.4, -0.2) is 0 Å². The van der Waals surface area contributed by atoms with E-state index in [0.717, 1.165) is 6.42 Å². The Morgan fingerprint density at radius 3 is 1.53 bits per heavy atom. The van der Waals surface area contributed by atoms with E-state index in [1.807, 2.05) is 13.8 Å². The van der Waals surface area contributed by atoms with E-state index in [1.165, 1.54) is 16.7 Å². The highest BCUT2D eigenvalue weighted by Crippen LogP contribution is 2.29. The van der Waals surface area contributed by atoms with Crippen LogP contribution in [0.15, 0.2) is 12.1 Å². The predicted octanol–water partition coefficient (Wildman–Crippen LogP) is 5.66. The number of benzene rings is 1. The zero-order valence-electron chi connectivity index (χ0n) is 12.4. The molecule has 0 saturated heterocycles. The molecule has 1 aromatic rings. The van der Waals surface area contributed by atoms with Gasteiger partial charge in [-0.15, -0.1) is 0 Å². The van der Waals surface area contributed by atoms with E-state index in [-0.39, 0.29) is 5.82 Å². The molecule has 1 rings (SSSR count). The van der Waals surface area contributed by atoms with E-state index in [4.69, 9.17) is 0 Å². The van der Waals surface area contributed by atoms with Crippen molar-refractivity contribution in [2.45, 2.75) is 66.7 Å². The summed E-state index contributed by atoms with van der Waals surface area (Å²) in [5, 5.41) is 0. The molecule has 0 nitrogen and oxygen atoms in total. The molecule has 0 bridgehead atoms. The maximum atomic E-state index is 13.5. The average molecular weight is 238 g/mol. The first-order valence-corrected chi connectivity index (χ1v) is 6.79. The van der Waals surface area contributed by atoms with Gasteiger partial charge in [0.05, 0.1) is 0 Å². The van der Waals surface area contributed by atoms with Crippen LogP contribution in [-0.2, 0) is 6.42 Å². The zero-order chi connectivity index (χ0) is 13.6. The van der Waals surface area contributed by atoms with Crippen LogP contribution >= 0.6 is 0 Å². The Bertz CT molecular complexity index is 308. The molecule has 0 aromatic heterocycles. The maximum absolute atomic E-state index is 13.5. The Morgan fingerprint density at radius 2 is 1.29 bits per heavy atom. The molecule has 0 fully saturated rings. The quantitative estimate of drug-likeness (QED) is 0.637. The van der Waals surface area contributed by atoms with Gasteiger partial charge in [0.15, 0.2) is 0 Å². The predicted molar refractivity (Wildman–Crippen MR) is 75.3 cm³/mol. The third-order valence-electron chi connectivity index (χ3n) is 2.88. The van der Waals surface area contributed by atoms with Gasteiger partial charge in [0.1, 0.15) is 5.82 Å². The van der Waals surface area contributed by atoms with Crippen molar-refractivity contribution in [3.8, 4) is 0 Å². The van der Waals surface area contributed by atoms with Gasteiger partial charge >= 0.3 is 0 Å². The summed E-state index contributed by atoms with van der Waals surface area (Å²) in [7, 11) is 0. The third-order valence-corrected chi connectivity index (χ3v) is 2.88. The standard InChI is InChI=1S/C14H21F.C2H6/c1-6-12-13(9(2)3)7-11(15)8-14(12)10(4)5;1-2/h7-10H,6H2,1-5H3;1-2H3. The molecule has 0 heterocycles. The monoisotopic (exact) mass is 238 g/mol. The van der Waals surface area contributed by atoms with Gasteiger partial charge in [-0.3, -0.25) is 0 Å². The summed E-state index contributed by atoms with van der Waals surface area (Å²) >= 11 is 0. The zero-order valence-corrected chi connectivity index (χ0v) is 12.4. The molecule has 0 spiro atoms. The van der Waals surface area contributed by atoms with Crippen molar-refractivity contribution in [1.29, 1.82) is 0 Å². The number of halogens is 1. The minimum absolute atomic E-state index is 0.0976. The van der Waals surface area contributed by atoms with Gasteiger partial charge in [-0.1, -0.05) is 48.5 Å². The molecule has 98 valence electrons. The summed E-state index contributed by atoms with van der Waals surface area (Å²) in [4.78, 5) is 0. The highest BCUT2D eigenvalue weighted by Gasteiger charge is 2.14. The normalized spacial score (nSPS) is 10.5. The van der Waals surface area contributed by atoms with Crippen LogP contribution in [0.1, 0.15) is 77.0 Å². The molecule has 0 N–H and O–H groups in total. The average Bonchev–Trinajstić information content (AvgIpc) is 2.30. The summed E-state index contributed by atoms with van der Waals surface area (Å²) in [6, 6.07) is 3.38. The highest BCUT2D eigenvalue weighted by atomic mass is 19.1. The Morgan fingerprint density at radius 1 is 0.941 bits per heavy atom. The second-order valence-corrected chi connectivity index (χ2v) is 4.73. The minimum Gasteiger partial charge on any atom is -0.207 e. The van der Waals surface area contributed by atoms with E-state index in [9.17, 15) is 4.39 Å². The van der Waals surface area contributed by atoms with E-state index >= 15 is 0 Å². The molecule has 0 aliphatic carbocycles. The van der Waals surface area contributed by atoms with Crippen LogP contribution in [0, 0.1) is 5.82 Å². The fraction of sp³-hybridized carbons (Fsp3) is 0.625. The van der Waals surface area contributed by atoms with Crippen molar-refractivity contribution in [3.63, 3.8) is 0 Å². The summed E-state index contributed by atoms with van der Waals surface area (Å²) in [6.45, 7) is 14.6. The topological polar surface area (TPSA) is 0 Å². The van der Waals surface area contributed by atoms with Gasteiger partial charge in [0, 0.05) is 0 Å². The Balaban J connectivity index is 0.00000121. The van der Waals surface area contributed by atoms with Crippen LogP contribution in [0.2, 0.25) is 0 Å². The molecule has 1 aromatic carbocycles. The maximum Gasteiger partial charge on any atom is 0.123 e. The molecular weight excluding hydrogens is 211 g/mol. The second kappa shape index (κ2) is 7.47. The van der Waals surface area contributed by atoms with Gasteiger partial charge in [-0.25, -0.2) is 4.39 Å². The summed E-state index contributed by atoms with van der Waals surface area (Å²) in [6.07, 6.45) is 0.987. The van der Waals surface area contributed by atoms with Gasteiger partial charge in [0.2, 0.25) is 0 Å². The lowest BCUT2D eigenvalue weighted by Gasteiger charge is -2.18. The van der Waals surface area contributed by atoms with Crippen molar-refractivity contribution in [2.24, 2.45) is 0 Å². The first-order valence-electron chi connectivity index (χ1n) is 6.79. The SMILES string of the molecule is CC.CCc1c(C(C)C)cc(F)cc1C(C)C. The van der Waals surface area contributed by atoms with Gasteiger partial charge in [-0.05, 0) is 47.1 Å². The lowest BCUT2D eigenvalue weighted by Crippen LogP contribution is -2.03. The third kappa shape index (κ3) is 4.14. The first kappa shape index (κ1) is 16.1. The van der Waals surface area contributed by atoms with Crippen molar-refractivity contribution in [3.05, 3.63) is 34.6 Å².